The molecule has 0 spiro atoms. The topological polar surface area (TPSA) is 99.1 Å². The van der Waals surface area contributed by atoms with Gasteiger partial charge in [0.1, 0.15) is 11.4 Å². The third-order valence-corrected chi connectivity index (χ3v) is 4.65. The normalized spacial score (nSPS) is 10.9. The largest absolute Gasteiger partial charge is 0.340 e. The van der Waals surface area contributed by atoms with E-state index in [1.165, 1.54) is 4.68 Å². The Kier molecular flexibility index (Phi) is 5.93. The molecule has 10 heteroatoms. The van der Waals surface area contributed by atoms with Crippen LogP contribution in [0.3, 0.4) is 0 Å². The number of amides is 1. The number of aryl methyl sites for hydroxylation is 3. The molecule has 136 valence electrons. The van der Waals surface area contributed by atoms with E-state index in [9.17, 15) is 14.9 Å². The average Bonchev–Trinajstić information content (AvgIpc) is 3.04. The molecule has 0 aliphatic heterocycles. The first kappa shape index (κ1) is 19.1. The van der Waals surface area contributed by atoms with Crippen molar-refractivity contribution in [2.45, 2.75) is 46.8 Å². The Morgan fingerprint density at radius 1 is 1.40 bits per heavy atom. The lowest BCUT2D eigenvalue weighted by molar-refractivity contribution is -0.386. The number of hydrogen-bond donors (Lipinski definition) is 0. The summed E-state index contributed by atoms with van der Waals surface area (Å²) in [5.74, 6) is -0.0758. The molecule has 0 bridgehead atoms. The van der Waals surface area contributed by atoms with E-state index >= 15 is 0 Å². The smallest absolute Gasteiger partial charge is 0.312 e. The Labute approximate surface area is 153 Å². The van der Waals surface area contributed by atoms with Crippen LogP contribution >= 0.6 is 15.9 Å². The summed E-state index contributed by atoms with van der Waals surface area (Å²) in [6, 6.07) is 0. The van der Waals surface area contributed by atoms with Crippen LogP contribution in [0.1, 0.15) is 30.4 Å². The van der Waals surface area contributed by atoms with E-state index in [0.717, 1.165) is 16.7 Å². The predicted molar refractivity (Wildman–Crippen MR) is 95.0 cm³/mol. The Hall–Kier alpha value is -2.23. The number of hydrogen-bond acceptors (Lipinski definition) is 5. The van der Waals surface area contributed by atoms with Gasteiger partial charge in [0.25, 0.3) is 0 Å². The third-order valence-electron chi connectivity index (χ3n) is 3.99. The van der Waals surface area contributed by atoms with Crippen LogP contribution in [0, 0.1) is 24.0 Å². The van der Waals surface area contributed by atoms with Crippen molar-refractivity contribution in [2.75, 3.05) is 7.05 Å². The Morgan fingerprint density at radius 3 is 2.60 bits per heavy atom. The van der Waals surface area contributed by atoms with Gasteiger partial charge in [-0.05, 0) is 36.7 Å². The number of nitro groups is 1. The van der Waals surface area contributed by atoms with Crippen LogP contribution in [0.5, 0.6) is 0 Å². The van der Waals surface area contributed by atoms with Gasteiger partial charge in [-0.1, -0.05) is 0 Å². The maximum atomic E-state index is 12.3. The molecule has 0 radical (unpaired) electrons. The zero-order valence-electron chi connectivity index (χ0n) is 14.7. The van der Waals surface area contributed by atoms with Crippen LogP contribution in [0.15, 0.2) is 10.7 Å². The summed E-state index contributed by atoms with van der Waals surface area (Å²) in [7, 11) is 1.71. The van der Waals surface area contributed by atoms with Crippen molar-refractivity contribution in [2.24, 2.45) is 0 Å². The predicted octanol–water partition coefficient (Wildman–Crippen LogP) is 2.44. The van der Waals surface area contributed by atoms with Crippen molar-refractivity contribution < 1.29 is 9.72 Å². The number of carbonyl (C=O) groups excluding carboxylic acids is 1. The van der Waals surface area contributed by atoms with Crippen LogP contribution in [0.25, 0.3) is 0 Å². The summed E-state index contributed by atoms with van der Waals surface area (Å²) in [6.07, 6.45) is 2.09. The maximum Gasteiger partial charge on any atom is 0.312 e. The van der Waals surface area contributed by atoms with Crippen molar-refractivity contribution >= 4 is 27.5 Å². The standard InChI is InChI=1S/C15H21BrN6O3/c1-5-20-8-12(16)13(18-20)9-19(4)14(23)6-7-21-11(3)15(22(24)25)10(2)17-21/h8H,5-7,9H2,1-4H3. The average molecular weight is 413 g/mol. The van der Waals surface area contributed by atoms with Crippen molar-refractivity contribution in [1.29, 1.82) is 0 Å². The van der Waals surface area contributed by atoms with Gasteiger partial charge >= 0.3 is 5.69 Å². The van der Waals surface area contributed by atoms with Crippen molar-refractivity contribution in [1.82, 2.24) is 24.5 Å². The van der Waals surface area contributed by atoms with Crippen LogP contribution in [-0.2, 0) is 24.4 Å². The lowest BCUT2D eigenvalue weighted by Crippen LogP contribution is -2.27. The first-order valence-electron chi connectivity index (χ1n) is 7.88. The minimum absolute atomic E-state index is 0.00911. The Morgan fingerprint density at radius 2 is 2.08 bits per heavy atom. The van der Waals surface area contributed by atoms with Gasteiger partial charge in [-0.2, -0.15) is 10.2 Å². The zero-order chi connectivity index (χ0) is 18.7. The molecule has 2 rings (SSSR count). The van der Waals surface area contributed by atoms with Gasteiger partial charge in [-0.3, -0.25) is 24.3 Å². The first-order chi connectivity index (χ1) is 11.7. The number of rotatable bonds is 7. The highest BCUT2D eigenvalue weighted by atomic mass is 79.9. The van der Waals surface area contributed by atoms with Gasteiger partial charge in [0.15, 0.2) is 0 Å². The van der Waals surface area contributed by atoms with Gasteiger partial charge in [-0.15, -0.1) is 0 Å². The minimum atomic E-state index is -0.441. The second kappa shape index (κ2) is 7.77. The van der Waals surface area contributed by atoms with Gasteiger partial charge < -0.3 is 4.90 Å². The molecule has 2 heterocycles. The molecule has 25 heavy (non-hydrogen) atoms. The lowest BCUT2D eigenvalue weighted by atomic mass is 10.3. The fraction of sp³-hybridized carbons (Fsp3) is 0.533. The molecule has 0 saturated carbocycles. The minimum Gasteiger partial charge on any atom is -0.340 e. The molecule has 0 fully saturated rings. The molecule has 0 aliphatic rings. The van der Waals surface area contributed by atoms with Gasteiger partial charge in [-0.25, -0.2) is 0 Å². The molecule has 0 aliphatic carbocycles. The van der Waals surface area contributed by atoms with Crippen molar-refractivity contribution in [3.63, 3.8) is 0 Å². The number of carbonyl (C=O) groups is 1. The molecule has 0 unspecified atom stereocenters. The third kappa shape index (κ3) is 4.25. The number of halogens is 1. The number of nitrogens with zero attached hydrogens (tertiary/aromatic N) is 6. The number of aromatic nitrogens is 4. The highest BCUT2D eigenvalue weighted by Crippen LogP contribution is 2.22. The van der Waals surface area contributed by atoms with E-state index in [-0.39, 0.29) is 18.0 Å². The summed E-state index contributed by atoms with van der Waals surface area (Å²) in [6.45, 7) is 6.68. The Bertz CT molecular complexity index is 798. The SMILES string of the molecule is CCn1cc(Br)c(CN(C)C(=O)CCn2nc(C)c([N+](=O)[O-])c2C)n1. The summed E-state index contributed by atoms with van der Waals surface area (Å²) >= 11 is 3.45. The quantitative estimate of drug-likeness (QED) is 0.513. The molecule has 1 amide bonds. The van der Waals surface area contributed by atoms with Gasteiger partial charge in [0, 0.05) is 26.2 Å². The second-order valence-electron chi connectivity index (χ2n) is 5.78. The van der Waals surface area contributed by atoms with E-state index in [4.69, 9.17) is 0 Å². The highest BCUT2D eigenvalue weighted by Gasteiger charge is 2.22. The van der Waals surface area contributed by atoms with Crippen molar-refractivity contribution in [3.8, 4) is 0 Å². The van der Waals surface area contributed by atoms with Crippen LogP contribution in [0.4, 0.5) is 5.69 Å². The van der Waals surface area contributed by atoms with E-state index in [1.807, 2.05) is 13.1 Å². The first-order valence-corrected chi connectivity index (χ1v) is 8.68. The Balaban J connectivity index is 1.99. The summed E-state index contributed by atoms with van der Waals surface area (Å²) in [4.78, 5) is 24.5. The van der Waals surface area contributed by atoms with E-state index in [2.05, 4.69) is 26.1 Å². The fourth-order valence-corrected chi connectivity index (χ4v) is 3.02. The van der Waals surface area contributed by atoms with E-state index < -0.39 is 4.92 Å². The van der Waals surface area contributed by atoms with Crippen LogP contribution in [-0.4, -0.2) is 42.3 Å². The van der Waals surface area contributed by atoms with Gasteiger partial charge in [0.2, 0.25) is 5.91 Å². The molecular formula is C15H21BrN6O3. The van der Waals surface area contributed by atoms with Crippen LogP contribution < -0.4 is 0 Å². The zero-order valence-corrected chi connectivity index (χ0v) is 16.3. The second-order valence-corrected chi connectivity index (χ2v) is 6.63. The fourth-order valence-electron chi connectivity index (χ4n) is 2.58. The summed E-state index contributed by atoms with van der Waals surface area (Å²) in [5, 5.41) is 19.6. The molecule has 0 atom stereocenters. The molecule has 2 aromatic heterocycles. The molecule has 2 aromatic rings. The van der Waals surface area contributed by atoms with E-state index in [0.29, 0.717) is 24.5 Å². The molecule has 0 aromatic carbocycles. The van der Waals surface area contributed by atoms with E-state index in [1.54, 1.807) is 30.5 Å². The molecule has 0 N–H and O–H groups in total. The molecule has 0 saturated heterocycles. The molecule has 9 nitrogen and oxygen atoms in total. The lowest BCUT2D eigenvalue weighted by Gasteiger charge is -2.16. The summed E-state index contributed by atoms with van der Waals surface area (Å²) in [5.41, 5.74) is 1.62. The summed E-state index contributed by atoms with van der Waals surface area (Å²) < 4.78 is 4.18. The monoisotopic (exact) mass is 412 g/mol. The highest BCUT2D eigenvalue weighted by molar-refractivity contribution is 9.10. The van der Waals surface area contributed by atoms with Crippen molar-refractivity contribution in [3.05, 3.63) is 37.9 Å². The van der Waals surface area contributed by atoms with Crippen LogP contribution in [0.2, 0.25) is 0 Å². The molecular weight excluding hydrogens is 392 g/mol. The van der Waals surface area contributed by atoms with Gasteiger partial charge in [0.05, 0.1) is 28.2 Å². The maximum absolute atomic E-state index is 12.3.